The van der Waals surface area contributed by atoms with Crippen molar-refractivity contribution in [2.45, 2.75) is 33.9 Å². The zero-order valence-corrected chi connectivity index (χ0v) is 19.8. The van der Waals surface area contributed by atoms with E-state index in [0.717, 1.165) is 33.3 Å². The third-order valence-corrected chi connectivity index (χ3v) is 5.55. The van der Waals surface area contributed by atoms with Gasteiger partial charge < -0.3 is 16.4 Å². The summed E-state index contributed by atoms with van der Waals surface area (Å²) in [5, 5.41) is 11.5. The van der Waals surface area contributed by atoms with Crippen LogP contribution in [-0.4, -0.2) is 31.6 Å². The number of hydrogen-bond acceptors (Lipinski definition) is 6. The maximum absolute atomic E-state index is 13.0. The molecule has 0 radical (unpaired) electrons. The summed E-state index contributed by atoms with van der Waals surface area (Å²) in [5.74, 6) is -0.273. The highest BCUT2D eigenvalue weighted by Crippen LogP contribution is 2.21. The van der Waals surface area contributed by atoms with E-state index in [2.05, 4.69) is 25.7 Å². The third-order valence-electron chi connectivity index (χ3n) is 5.34. The van der Waals surface area contributed by atoms with Gasteiger partial charge in [-0.1, -0.05) is 17.7 Å². The van der Waals surface area contributed by atoms with Crippen LogP contribution in [0.1, 0.15) is 39.8 Å². The van der Waals surface area contributed by atoms with Crippen LogP contribution in [0.4, 0.5) is 11.5 Å². The average molecular weight is 478 g/mol. The Balaban J connectivity index is 1.57. The summed E-state index contributed by atoms with van der Waals surface area (Å²) in [6.07, 6.45) is 3.24. The number of nitrogens with zero attached hydrogens (tertiary/aromatic N) is 4. The van der Waals surface area contributed by atoms with E-state index >= 15 is 0 Å². The van der Waals surface area contributed by atoms with Gasteiger partial charge in [-0.2, -0.15) is 5.10 Å². The molecule has 4 rings (SSSR count). The third kappa shape index (κ3) is 5.15. The quantitative estimate of drug-likeness (QED) is 0.389. The van der Waals surface area contributed by atoms with Crippen molar-refractivity contribution in [3.63, 3.8) is 0 Å². The number of aryl methyl sites for hydroxylation is 2. The van der Waals surface area contributed by atoms with E-state index in [9.17, 15) is 9.59 Å². The Hall–Kier alpha value is -3.98. The first-order valence-corrected chi connectivity index (χ1v) is 11.0. The number of fused-ring (bicyclic) bond motifs is 1. The van der Waals surface area contributed by atoms with Crippen molar-refractivity contribution in [1.82, 2.24) is 25.1 Å². The maximum Gasteiger partial charge on any atom is 0.274 e. The van der Waals surface area contributed by atoms with E-state index in [1.165, 1.54) is 6.92 Å². The van der Waals surface area contributed by atoms with Crippen molar-refractivity contribution in [2.75, 3.05) is 11.1 Å². The predicted octanol–water partition coefficient (Wildman–Crippen LogP) is 3.62. The van der Waals surface area contributed by atoms with E-state index < -0.39 is 5.91 Å². The number of benzene rings is 1. The zero-order chi connectivity index (χ0) is 24.4. The summed E-state index contributed by atoms with van der Waals surface area (Å²) in [4.78, 5) is 33.3. The van der Waals surface area contributed by atoms with Crippen molar-refractivity contribution < 1.29 is 9.59 Å². The SMILES string of the molecule is CC(=O)Nc1cn(Cc2ccc3ncc(Cl)cc3c2)nc1C(=O)NCc1c(C)cc(N)nc1C. The van der Waals surface area contributed by atoms with Gasteiger partial charge in [0.2, 0.25) is 5.91 Å². The second-order valence-electron chi connectivity index (χ2n) is 8.06. The minimum absolute atomic E-state index is 0.124. The Morgan fingerprint density at radius 2 is 1.97 bits per heavy atom. The van der Waals surface area contributed by atoms with Gasteiger partial charge in [0.25, 0.3) is 5.91 Å². The van der Waals surface area contributed by atoms with Crippen molar-refractivity contribution in [2.24, 2.45) is 0 Å². The lowest BCUT2D eigenvalue weighted by molar-refractivity contribution is -0.114. The molecule has 174 valence electrons. The fourth-order valence-electron chi connectivity index (χ4n) is 3.80. The Bertz CT molecular complexity index is 1390. The van der Waals surface area contributed by atoms with Crippen molar-refractivity contribution in [3.8, 4) is 0 Å². The highest BCUT2D eigenvalue weighted by molar-refractivity contribution is 6.31. The topological polar surface area (TPSA) is 128 Å². The van der Waals surface area contributed by atoms with Gasteiger partial charge in [-0.15, -0.1) is 0 Å². The van der Waals surface area contributed by atoms with E-state index in [1.807, 2.05) is 38.1 Å². The molecule has 0 bridgehead atoms. The Labute approximate surface area is 201 Å². The molecule has 34 heavy (non-hydrogen) atoms. The average Bonchev–Trinajstić information content (AvgIpc) is 3.13. The number of pyridine rings is 2. The molecule has 0 saturated carbocycles. The summed E-state index contributed by atoms with van der Waals surface area (Å²) in [7, 11) is 0. The van der Waals surface area contributed by atoms with Gasteiger partial charge in [-0.25, -0.2) is 4.98 Å². The Morgan fingerprint density at radius 3 is 2.71 bits per heavy atom. The molecular formula is C24H24ClN7O2. The lowest BCUT2D eigenvalue weighted by atomic mass is 10.1. The number of nitrogens with one attached hydrogen (secondary N) is 2. The predicted molar refractivity (Wildman–Crippen MR) is 132 cm³/mol. The number of rotatable bonds is 6. The zero-order valence-electron chi connectivity index (χ0n) is 19.0. The number of hydrogen-bond donors (Lipinski definition) is 3. The van der Waals surface area contributed by atoms with Gasteiger partial charge in [0.1, 0.15) is 5.82 Å². The molecular weight excluding hydrogens is 454 g/mol. The van der Waals surface area contributed by atoms with Crippen LogP contribution in [0.25, 0.3) is 10.9 Å². The lowest BCUT2D eigenvalue weighted by Crippen LogP contribution is -2.26. The molecule has 0 spiro atoms. The van der Waals surface area contributed by atoms with Crippen LogP contribution >= 0.6 is 11.6 Å². The molecule has 3 heterocycles. The van der Waals surface area contributed by atoms with Crippen LogP contribution in [0.5, 0.6) is 0 Å². The Kier molecular flexibility index (Phi) is 6.47. The molecule has 0 atom stereocenters. The molecule has 0 aliphatic rings. The normalized spacial score (nSPS) is 10.9. The van der Waals surface area contributed by atoms with Crippen molar-refractivity contribution >= 4 is 45.8 Å². The van der Waals surface area contributed by atoms with Crippen molar-refractivity contribution in [3.05, 3.63) is 75.8 Å². The molecule has 4 aromatic rings. The molecule has 0 aliphatic carbocycles. The summed E-state index contributed by atoms with van der Waals surface area (Å²) < 4.78 is 1.61. The molecule has 9 nitrogen and oxygen atoms in total. The van der Waals surface area contributed by atoms with Crippen LogP contribution in [0.15, 0.2) is 42.7 Å². The number of amides is 2. The number of aromatic nitrogens is 4. The molecule has 2 amide bonds. The van der Waals surface area contributed by atoms with E-state index in [4.69, 9.17) is 17.3 Å². The molecule has 0 fully saturated rings. The fraction of sp³-hybridized carbons (Fsp3) is 0.208. The fourth-order valence-corrected chi connectivity index (χ4v) is 3.96. The highest BCUT2D eigenvalue weighted by atomic mass is 35.5. The van der Waals surface area contributed by atoms with Crippen LogP contribution < -0.4 is 16.4 Å². The monoisotopic (exact) mass is 477 g/mol. The molecule has 3 aromatic heterocycles. The minimum Gasteiger partial charge on any atom is -0.384 e. The first kappa shape index (κ1) is 23.2. The molecule has 1 aromatic carbocycles. The van der Waals surface area contributed by atoms with E-state index in [0.29, 0.717) is 23.1 Å². The number of carbonyl (C=O) groups is 2. The smallest absolute Gasteiger partial charge is 0.274 e. The van der Waals surface area contributed by atoms with Gasteiger partial charge in [-0.3, -0.25) is 19.3 Å². The second-order valence-corrected chi connectivity index (χ2v) is 8.50. The van der Waals surface area contributed by atoms with Crippen LogP contribution in [0.3, 0.4) is 0 Å². The number of nitrogen functional groups attached to an aromatic ring is 1. The number of halogens is 1. The van der Waals surface area contributed by atoms with Crippen molar-refractivity contribution in [1.29, 1.82) is 0 Å². The van der Waals surface area contributed by atoms with Crippen LogP contribution in [0.2, 0.25) is 5.02 Å². The lowest BCUT2D eigenvalue weighted by Gasteiger charge is -2.11. The van der Waals surface area contributed by atoms with E-state index in [-0.39, 0.29) is 18.1 Å². The molecule has 10 heteroatoms. The second kappa shape index (κ2) is 9.48. The van der Waals surface area contributed by atoms with Crippen LogP contribution in [0, 0.1) is 13.8 Å². The Morgan fingerprint density at radius 1 is 1.18 bits per heavy atom. The number of nitrogens with two attached hydrogens (primary N) is 1. The summed E-state index contributed by atoms with van der Waals surface area (Å²) >= 11 is 6.06. The maximum atomic E-state index is 13.0. The molecule has 0 unspecified atom stereocenters. The molecule has 4 N–H and O–H groups in total. The van der Waals surface area contributed by atoms with Crippen LogP contribution in [-0.2, 0) is 17.9 Å². The first-order chi connectivity index (χ1) is 16.2. The van der Waals surface area contributed by atoms with Gasteiger partial charge in [0, 0.05) is 36.9 Å². The van der Waals surface area contributed by atoms with Gasteiger partial charge in [-0.05, 0) is 54.8 Å². The standard InChI is InChI=1S/C24H24ClN7O2/c1-13-6-22(26)29-14(2)19(13)10-28-24(34)23-21(30-15(3)33)12-32(31-23)11-16-4-5-20-17(7-16)8-18(25)9-27-20/h4-9,12H,10-11H2,1-3H3,(H2,26,29)(H,28,34)(H,30,33). The first-order valence-electron chi connectivity index (χ1n) is 10.6. The van der Waals surface area contributed by atoms with Gasteiger partial charge in [0.15, 0.2) is 5.69 Å². The number of anilines is 2. The summed E-state index contributed by atoms with van der Waals surface area (Å²) in [6, 6.07) is 9.40. The minimum atomic E-state index is -0.410. The van der Waals surface area contributed by atoms with Gasteiger partial charge in [0.05, 0.1) is 22.8 Å². The van der Waals surface area contributed by atoms with Gasteiger partial charge >= 0.3 is 0 Å². The molecule has 0 aliphatic heterocycles. The largest absolute Gasteiger partial charge is 0.384 e. The summed E-state index contributed by atoms with van der Waals surface area (Å²) in [6.45, 7) is 5.79. The highest BCUT2D eigenvalue weighted by Gasteiger charge is 2.19. The summed E-state index contributed by atoms with van der Waals surface area (Å²) in [5.41, 5.74) is 10.6. The molecule has 0 saturated heterocycles. The van der Waals surface area contributed by atoms with E-state index in [1.54, 1.807) is 23.1 Å². The number of carbonyl (C=O) groups excluding carboxylic acids is 2.